The number of pyridine rings is 1. The second kappa shape index (κ2) is 7.84. The SMILES string of the molecule is Cc1[nH]c(-c2cccc(N3CCN(C4CCCNCC4)CC3)n2)nc1C1CC1. The lowest BCUT2D eigenvalue weighted by Gasteiger charge is -2.39. The van der Waals surface area contributed by atoms with Crippen molar-refractivity contribution < 1.29 is 0 Å². The molecule has 2 aliphatic heterocycles. The fourth-order valence-corrected chi connectivity index (χ4v) is 4.76. The third kappa shape index (κ3) is 3.80. The van der Waals surface area contributed by atoms with Gasteiger partial charge in [0, 0.05) is 43.8 Å². The zero-order valence-electron chi connectivity index (χ0n) is 17.0. The van der Waals surface area contributed by atoms with Crippen LogP contribution in [-0.2, 0) is 0 Å². The van der Waals surface area contributed by atoms with Gasteiger partial charge in [-0.05, 0) is 64.3 Å². The Morgan fingerprint density at radius 1 is 0.964 bits per heavy atom. The number of piperazine rings is 1. The summed E-state index contributed by atoms with van der Waals surface area (Å²) in [5, 5.41) is 3.53. The topological polar surface area (TPSA) is 60.1 Å². The van der Waals surface area contributed by atoms with Gasteiger partial charge in [0.15, 0.2) is 5.82 Å². The van der Waals surface area contributed by atoms with E-state index in [4.69, 9.17) is 9.97 Å². The second-order valence-corrected chi connectivity index (χ2v) is 8.61. The van der Waals surface area contributed by atoms with Crippen LogP contribution >= 0.6 is 0 Å². The van der Waals surface area contributed by atoms with Crippen LogP contribution in [0.4, 0.5) is 5.82 Å². The van der Waals surface area contributed by atoms with Gasteiger partial charge >= 0.3 is 0 Å². The molecule has 5 rings (SSSR count). The first kappa shape index (κ1) is 18.1. The number of nitrogens with one attached hydrogen (secondary N) is 2. The Labute approximate surface area is 167 Å². The summed E-state index contributed by atoms with van der Waals surface area (Å²) in [5.41, 5.74) is 3.41. The Hall–Kier alpha value is -1.92. The van der Waals surface area contributed by atoms with Gasteiger partial charge < -0.3 is 15.2 Å². The summed E-state index contributed by atoms with van der Waals surface area (Å²) in [6.45, 7) is 8.89. The number of aryl methyl sites for hydroxylation is 1. The van der Waals surface area contributed by atoms with Crippen molar-refractivity contribution in [2.45, 2.75) is 51.0 Å². The Bertz CT molecular complexity index is 795. The molecule has 0 spiro atoms. The molecule has 150 valence electrons. The van der Waals surface area contributed by atoms with Crippen molar-refractivity contribution in [3.05, 3.63) is 29.6 Å². The first-order valence-electron chi connectivity index (χ1n) is 11.0. The van der Waals surface area contributed by atoms with Gasteiger partial charge in [-0.2, -0.15) is 0 Å². The van der Waals surface area contributed by atoms with Gasteiger partial charge in [-0.1, -0.05) is 6.07 Å². The third-order valence-corrected chi connectivity index (χ3v) is 6.56. The van der Waals surface area contributed by atoms with E-state index in [9.17, 15) is 0 Å². The lowest BCUT2D eigenvalue weighted by molar-refractivity contribution is 0.171. The molecule has 6 nitrogen and oxygen atoms in total. The molecule has 1 aliphatic carbocycles. The molecular formula is C22H32N6. The van der Waals surface area contributed by atoms with E-state index in [1.165, 1.54) is 56.6 Å². The average Bonchev–Trinajstić information content (AvgIpc) is 3.54. The highest BCUT2D eigenvalue weighted by Gasteiger charge is 2.29. The van der Waals surface area contributed by atoms with Gasteiger partial charge in [0.1, 0.15) is 11.5 Å². The van der Waals surface area contributed by atoms with Crippen molar-refractivity contribution in [3.8, 4) is 11.5 Å². The Morgan fingerprint density at radius 3 is 2.64 bits per heavy atom. The van der Waals surface area contributed by atoms with E-state index >= 15 is 0 Å². The maximum atomic E-state index is 4.96. The predicted octanol–water partition coefficient (Wildman–Crippen LogP) is 2.92. The quantitative estimate of drug-likeness (QED) is 0.854. The molecule has 0 radical (unpaired) electrons. The molecule has 1 saturated carbocycles. The Morgan fingerprint density at radius 2 is 1.82 bits per heavy atom. The Kier molecular flexibility index (Phi) is 5.07. The fourth-order valence-electron chi connectivity index (χ4n) is 4.76. The van der Waals surface area contributed by atoms with E-state index in [2.05, 4.69) is 45.2 Å². The largest absolute Gasteiger partial charge is 0.354 e. The van der Waals surface area contributed by atoms with E-state index < -0.39 is 0 Å². The molecule has 1 unspecified atom stereocenters. The van der Waals surface area contributed by atoms with Gasteiger partial charge in [0.05, 0.1) is 5.69 Å². The molecule has 2 aromatic rings. The number of H-pyrrole nitrogens is 1. The lowest BCUT2D eigenvalue weighted by atomic mass is 10.1. The number of aromatic amines is 1. The molecule has 3 aliphatic rings. The van der Waals surface area contributed by atoms with Gasteiger partial charge in [0.2, 0.25) is 0 Å². The number of imidazole rings is 1. The van der Waals surface area contributed by atoms with E-state index in [-0.39, 0.29) is 0 Å². The molecule has 2 aromatic heterocycles. The van der Waals surface area contributed by atoms with Crippen LogP contribution in [0.2, 0.25) is 0 Å². The minimum atomic E-state index is 0.667. The van der Waals surface area contributed by atoms with E-state index in [0.717, 1.165) is 49.6 Å². The summed E-state index contributed by atoms with van der Waals surface area (Å²) in [5.74, 6) is 2.67. The van der Waals surface area contributed by atoms with Crippen LogP contribution in [0.1, 0.15) is 49.4 Å². The van der Waals surface area contributed by atoms with Crippen LogP contribution in [0.5, 0.6) is 0 Å². The molecular weight excluding hydrogens is 348 g/mol. The number of rotatable bonds is 4. The molecule has 28 heavy (non-hydrogen) atoms. The summed E-state index contributed by atoms with van der Waals surface area (Å²) in [7, 11) is 0. The molecule has 0 amide bonds. The van der Waals surface area contributed by atoms with Crippen molar-refractivity contribution in [2.75, 3.05) is 44.2 Å². The number of anilines is 1. The number of hydrogen-bond acceptors (Lipinski definition) is 5. The second-order valence-electron chi connectivity index (χ2n) is 8.61. The maximum absolute atomic E-state index is 4.96. The van der Waals surface area contributed by atoms with Crippen molar-refractivity contribution in [1.82, 2.24) is 25.2 Å². The lowest BCUT2D eigenvalue weighted by Crippen LogP contribution is -2.50. The summed E-state index contributed by atoms with van der Waals surface area (Å²) in [6.07, 6.45) is 6.48. The highest BCUT2D eigenvalue weighted by atomic mass is 15.3. The van der Waals surface area contributed by atoms with Crippen LogP contribution in [0.15, 0.2) is 18.2 Å². The van der Waals surface area contributed by atoms with Crippen LogP contribution in [0, 0.1) is 6.92 Å². The van der Waals surface area contributed by atoms with E-state index in [0.29, 0.717) is 5.92 Å². The summed E-state index contributed by atoms with van der Waals surface area (Å²) < 4.78 is 0. The normalized spacial score (nSPS) is 24.3. The molecule has 6 heteroatoms. The third-order valence-electron chi connectivity index (χ3n) is 6.56. The minimum absolute atomic E-state index is 0.667. The van der Waals surface area contributed by atoms with Crippen molar-refractivity contribution in [1.29, 1.82) is 0 Å². The first-order valence-corrected chi connectivity index (χ1v) is 11.0. The van der Waals surface area contributed by atoms with Crippen LogP contribution in [-0.4, -0.2) is 65.2 Å². The predicted molar refractivity (Wildman–Crippen MR) is 113 cm³/mol. The fraction of sp³-hybridized carbons (Fsp3) is 0.636. The molecule has 1 atom stereocenters. The average molecular weight is 381 g/mol. The standard InChI is InChI=1S/C22H32N6/c1-16-21(17-7-8-17)26-22(24-16)19-5-2-6-20(25-19)28-14-12-27(13-15-28)18-4-3-10-23-11-9-18/h2,5-6,17-18,23H,3-4,7-15H2,1H3,(H,24,26). The zero-order chi connectivity index (χ0) is 18.9. The molecule has 2 saturated heterocycles. The number of hydrogen-bond donors (Lipinski definition) is 2. The monoisotopic (exact) mass is 380 g/mol. The van der Waals surface area contributed by atoms with Gasteiger partial charge in [-0.25, -0.2) is 9.97 Å². The molecule has 2 N–H and O–H groups in total. The molecule has 0 aromatic carbocycles. The number of nitrogens with zero attached hydrogens (tertiary/aromatic N) is 4. The van der Waals surface area contributed by atoms with Gasteiger partial charge in [0.25, 0.3) is 0 Å². The highest BCUT2D eigenvalue weighted by molar-refractivity contribution is 5.55. The zero-order valence-corrected chi connectivity index (χ0v) is 17.0. The maximum Gasteiger partial charge on any atom is 0.156 e. The first-order chi connectivity index (χ1) is 13.8. The van der Waals surface area contributed by atoms with Crippen LogP contribution in [0.25, 0.3) is 11.5 Å². The number of aromatic nitrogens is 3. The smallest absolute Gasteiger partial charge is 0.156 e. The summed E-state index contributed by atoms with van der Waals surface area (Å²) in [6, 6.07) is 7.10. The summed E-state index contributed by atoms with van der Waals surface area (Å²) in [4.78, 5) is 18.4. The Balaban J connectivity index is 1.26. The van der Waals surface area contributed by atoms with Crippen molar-refractivity contribution in [2.24, 2.45) is 0 Å². The van der Waals surface area contributed by atoms with Gasteiger partial charge in [-0.3, -0.25) is 4.90 Å². The molecule has 4 heterocycles. The van der Waals surface area contributed by atoms with Crippen LogP contribution in [0.3, 0.4) is 0 Å². The molecule has 3 fully saturated rings. The van der Waals surface area contributed by atoms with Gasteiger partial charge in [-0.15, -0.1) is 0 Å². The van der Waals surface area contributed by atoms with Crippen molar-refractivity contribution in [3.63, 3.8) is 0 Å². The van der Waals surface area contributed by atoms with E-state index in [1.807, 2.05) is 0 Å². The highest BCUT2D eigenvalue weighted by Crippen LogP contribution is 2.41. The minimum Gasteiger partial charge on any atom is -0.354 e. The van der Waals surface area contributed by atoms with Crippen molar-refractivity contribution >= 4 is 5.82 Å². The summed E-state index contributed by atoms with van der Waals surface area (Å²) >= 11 is 0. The van der Waals surface area contributed by atoms with Crippen LogP contribution < -0.4 is 10.2 Å². The molecule has 0 bridgehead atoms. The van der Waals surface area contributed by atoms with E-state index in [1.54, 1.807) is 0 Å².